The highest BCUT2D eigenvalue weighted by Crippen LogP contribution is 2.23. The van der Waals surface area contributed by atoms with Crippen LogP contribution in [0, 0.1) is 0 Å². The summed E-state index contributed by atoms with van der Waals surface area (Å²) in [5.74, 6) is -0.0426. The van der Waals surface area contributed by atoms with Gasteiger partial charge < -0.3 is 14.5 Å². The second kappa shape index (κ2) is 8.27. The van der Waals surface area contributed by atoms with Crippen LogP contribution in [0.15, 0.2) is 67.0 Å². The molecule has 2 heterocycles. The van der Waals surface area contributed by atoms with Gasteiger partial charge in [0.05, 0.1) is 30.7 Å². The minimum atomic E-state index is -0.0426. The summed E-state index contributed by atoms with van der Waals surface area (Å²) in [6.45, 7) is 3.77. The van der Waals surface area contributed by atoms with Gasteiger partial charge in [0, 0.05) is 38.6 Å². The highest BCUT2D eigenvalue weighted by Gasteiger charge is 2.19. The number of amides is 1. The number of hydrogen-bond acceptors (Lipinski definition) is 4. The van der Waals surface area contributed by atoms with Crippen molar-refractivity contribution in [2.45, 2.75) is 6.54 Å². The second-order valence-electron chi connectivity index (χ2n) is 6.90. The molecule has 1 aliphatic rings. The predicted molar refractivity (Wildman–Crippen MR) is 109 cm³/mol. The van der Waals surface area contributed by atoms with E-state index in [1.807, 2.05) is 49.5 Å². The first-order valence-electron chi connectivity index (χ1n) is 9.48. The largest absolute Gasteiger partial charge is 0.378 e. The van der Waals surface area contributed by atoms with Gasteiger partial charge in [0.25, 0.3) is 5.91 Å². The molecule has 6 nitrogen and oxygen atoms in total. The second-order valence-corrected chi connectivity index (χ2v) is 6.90. The van der Waals surface area contributed by atoms with Crippen LogP contribution in [-0.2, 0) is 11.3 Å². The SMILES string of the molecule is CN(Cc1ccccc1N1CCOCC1)C(=O)c1cnn(-c2ccccc2)c1. The number of hydrogen-bond donors (Lipinski definition) is 0. The zero-order chi connectivity index (χ0) is 19.3. The van der Waals surface area contributed by atoms with Crippen LogP contribution in [0.2, 0.25) is 0 Å². The Hall–Kier alpha value is -3.12. The molecule has 1 saturated heterocycles. The summed E-state index contributed by atoms with van der Waals surface area (Å²) in [5.41, 5.74) is 3.82. The summed E-state index contributed by atoms with van der Waals surface area (Å²) < 4.78 is 7.19. The molecule has 0 aliphatic carbocycles. The summed E-state index contributed by atoms with van der Waals surface area (Å²) in [6, 6.07) is 18.0. The van der Waals surface area contributed by atoms with Gasteiger partial charge in [-0.1, -0.05) is 36.4 Å². The molecule has 0 unspecified atom stereocenters. The van der Waals surface area contributed by atoms with E-state index >= 15 is 0 Å². The third-order valence-electron chi connectivity index (χ3n) is 4.95. The fraction of sp³-hybridized carbons (Fsp3) is 0.273. The number of rotatable bonds is 5. The van der Waals surface area contributed by atoms with Crippen LogP contribution in [0.3, 0.4) is 0 Å². The quantitative estimate of drug-likeness (QED) is 0.687. The van der Waals surface area contributed by atoms with Gasteiger partial charge in [-0.05, 0) is 23.8 Å². The molecule has 2 aromatic carbocycles. The molecule has 0 bridgehead atoms. The summed E-state index contributed by atoms with van der Waals surface area (Å²) in [4.78, 5) is 17.0. The topological polar surface area (TPSA) is 50.6 Å². The molecule has 1 fully saturated rings. The van der Waals surface area contributed by atoms with Crippen molar-refractivity contribution in [3.8, 4) is 5.69 Å². The van der Waals surface area contributed by atoms with Crippen LogP contribution in [0.5, 0.6) is 0 Å². The van der Waals surface area contributed by atoms with Crippen molar-refractivity contribution in [3.63, 3.8) is 0 Å². The lowest BCUT2D eigenvalue weighted by Crippen LogP contribution is -2.37. The van der Waals surface area contributed by atoms with Crippen LogP contribution in [0.4, 0.5) is 5.69 Å². The van der Waals surface area contributed by atoms with Crippen molar-refractivity contribution in [2.24, 2.45) is 0 Å². The van der Waals surface area contributed by atoms with Crippen LogP contribution in [0.1, 0.15) is 15.9 Å². The fourth-order valence-electron chi connectivity index (χ4n) is 3.46. The van der Waals surface area contributed by atoms with Crippen molar-refractivity contribution >= 4 is 11.6 Å². The molecular formula is C22H24N4O2. The molecule has 0 saturated carbocycles. The number of carbonyl (C=O) groups is 1. The van der Waals surface area contributed by atoms with E-state index in [4.69, 9.17) is 4.74 Å². The van der Waals surface area contributed by atoms with Crippen molar-refractivity contribution in [1.82, 2.24) is 14.7 Å². The molecule has 1 amide bonds. The van der Waals surface area contributed by atoms with Gasteiger partial charge in [0.15, 0.2) is 0 Å². The number of aromatic nitrogens is 2. The molecule has 144 valence electrons. The first-order valence-corrected chi connectivity index (χ1v) is 9.48. The third-order valence-corrected chi connectivity index (χ3v) is 4.95. The van der Waals surface area contributed by atoms with E-state index in [-0.39, 0.29) is 5.91 Å². The van der Waals surface area contributed by atoms with E-state index in [0.29, 0.717) is 12.1 Å². The third kappa shape index (κ3) is 3.92. The number of morpholine rings is 1. The lowest BCUT2D eigenvalue weighted by molar-refractivity contribution is 0.0785. The maximum Gasteiger partial charge on any atom is 0.257 e. The Kier molecular flexibility index (Phi) is 5.39. The molecule has 0 radical (unpaired) electrons. The van der Waals surface area contributed by atoms with Crippen LogP contribution < -0.4 is 4.90 Å². The van der Waals surface area contributed by atoms with Crippen LogP contribution in [0.25, 0.3) is 5.69 Å². The highest BCUT2D eigenvalue weighted by molar-refractivity contribution is 5.93. The van der Waals surface area contributed by atoms with E-state index in [2.05, 4.69) is 22.1 Å². The average Bonchev–Trinajstić information content (AvgIpc) is 3.25. The zero-order valence-electron chi connectivity index (χ0n) is 16.0. The molecule has 6 heteroatoms. The lowest BCUT2D eigenvalue weighted by Gasteiger charge is -2.31. The minimum Gasteiger partial charge on any atom is -0.378 e. The molecule has 0 atom stereocenters. The van der Waals surface area contributed by atoms with Crippen molar-refractivity contribution in [1.29, 1.82) is 0 Å². The van der Waals surface area contributed by atoms with Crippen LogP contribution >= 0.6 is 0 Å². The monoisotopic (exact) mass is 376 g/mol. The molecule has 0 N–H and O–H groups in total. The molecule has 1 aliphatic heterocycles. The van der Waals surface area contributed by atoms with E-state index < -0.39 is 0 Å². The van der Waals surface area contributed by atoms with Crippen molar-refractivity contribution in [3.05, 3.63) is 78.1 Å². The molecule has 0 spiro atoms. The van der Waals surface area contributed by atoms with Gasteiger partial charge in [-0.15, -0.1) is 0 Å². The Morgan fingerprint density at radius 3 is 2.57 bits per heavy atom. The van der Waals surface area contributed by atoms with Crippen LogP contribution in [-0.4, -0.2) is 53.9 Å². The Bertz CT molecular complexity index is 932. The van der Waals surface area contributed by atoms with E-state index in [9.17, 15) is 4.79 Å². The van der Waals surface area contributed by atoms with E-state index in [1.165, 1.54) is 5.69 Å². The lowest BCUT2D eigenvalue weighted by atomic mass is 10.1. The normalized spacial score (nSPS) is 14.1. The predicted octanol–water partition coefficient (Wildman–Crippen LogP) is 2.98. The average molecular weight is 376 g/mol. The van der Waals surface area contributed by atoms with Gasteiger partial charge in [0.2, 0.25) is 0 Å². The number of nitrogens with zero attached hydrogens (tertiary/aromatic N) is 4. The molecule has 4 rings (SSSR count). The maximum absolute atomic E-state index is 12.9. The Balaban J connectivity index is 1.49. The van der Waals surface area contributed by atoms with Gasteiger partial charge >= 0.3 is 0 Å². The number of carbonyl (C=O) groups excluding carboxylic acids is 1. The number of benzene rings is 2. The summed E-state index contributed by atoms with van der Waals surface area (Å²) in [5, 5.41) is 4.33. The maximum atomic E-state index is 12.9. The number of anilines is 1. The number of para-hydroxylation sites is 2. The first kappa shape index (κ1) is 18.3. The standard InChI is InChI=1S/C22H24N4O2/c1-24(16-18-7-5-6-10-21(18)25-11-13-28-14-12-25)22(27)19-15-23-26(17-19)20-8-3-2-4-9-20/h2-10,15,17H,11-14,16H2,1H3. The summed E-state index contributed by atoms with van der Waals surface area (Å²) in [6.07, 6.45) is 3.40. The summed E-state index contributed by atoms with van der Waals surface area (Å²) in [7, 11) is 1.83. The molecular weight excluding hydrogens is 352 g/mol. The summed E-state index contributed by atoms with van der Waals surface area (Å²) >= 11 is 0. The fourth-order valence-corrected chi connectivity index (χ4v) is 3.46. The number of ether oxygens (including phenoxy) is 1. The van der Waals surface area contributed by atoms with E-state index in [1.54, 1.807) is 22.0 Å². The highest BCUT2D eigenvalue weighted by atomic mass is 16.5. The van der Waals surface area contributed by atoms with Gasteiger partial charge in [-0.2, -0.15) is 5.10 Å². The minimum absolute atomic E-state index is 0.0426. The Morgan fingerprint density at radius 1 is 1.07 bits per heavy atom. The molecule has 28 heavy (non-hydrogen) atoms. The van der Waals surface area contributed by atoms with Gasteiger partial charge in [0.1, 0.15) is 0 Å². The zero-order valence-corrected chi connectivity index (χ0v) is 16.0. The smallest absolute Gasteiger partial charge is 0.257 e. The first-order chi connectivity index (χ1) is 13.7. The Labute approximate surface area is 164 Å². The molecule has 1 aromatic heterocycles. The van der Waals surface area contributed by atoms with Gasteiger partial charge in [-0.3, -0.25) is 4.79 Å². The Morgan fingerprint density at radius 2 is 1.79 bits per heavy atom. The van der Waals surface area contributed by atoms with E-state index in [0.717, 1.165) is 37.6 Å². The molecule has 3 aromatic rings. The van der Waals surface area contributed by atoms with Crippen molar-refractivity contribution < 1.29 is 9.53 Å². The van der Waals surface area contributed by atoms with Gasteiger partial charge in [-0.25, -0.2) is 4.68 Å². The van der Waals surface area contributed by atoms with Crippen molar-refractivity contribution in [2.75, 3.05) is 38.3 Å².